The van der Waals surface area contributed by atoms with E-state index in [1.807, 2.05) is 20.8 Å². The molecule has 2 amide bonds. The monoisotopic (exact) mass is 376 g/mol. The molecule has 0 radical (unpaired) electrons. The molecule has 0 aliphatic carbocycles. The van der Waals surface area contributed by atoms with E-state index in [0.717, 1.165) is 5.69 Å². The minimum absolute atomic E-state index is 0.272. The van der Waals surface area contributed by atoms with E-state index in [2.05, 4.69) is 15.5 Å². The van der Waals surface area contributed by atoms with Crippen LogP contribution in [0.2, 0.25) is 5.02 Å². The van der Waals surface area contributed by atoms with Crippen LogP contribution >= 0.6 is 11.6 Å². The molecule has 0 spiro atoms. The van der Waals surface area contributed by atoms with Crippen LogP contribution in [-0.2, 0) is 17.7 Å². The summed E-state index contributed by atoms with van der Waals surface area (Å²) in [6.07, 6.45) is 0.192. The lowest BCUT2D eigenvalue weighted by molar-refractivity contribution is 0.0222. The summed E-state index contributed by atoms with van der Waals surface area (Å²) in [5, 5.41) is 10.3. The Morgan fingerprint density at radius 1 is 1.35 bits per heavy atom. The minimum Gasteiger partial charge on any atom is -0.444 e. The Balaban J connectivity index is 1.75. The Labute approximate surface area is 156 Å². The van der Waals surface area contributed by atoms with Crippen molar-refractivity contribution in [3.05, 3.63) is 46.2 Å². The Morgan fingerprint density at radius 3 is 2.81 bits per heavy atom. The summed E-state index contributed by atoms with van der Waals surface area (Å²) in [5.74, 6) is -0.351. The molecule has 138 valence electrons. The van der Waals surface area contributed by atoms with Gasteiger partial charge in [-0.3, -0.25) is 9.89 Å². The summed E-state index contributed by atoms with van der Waals surface area (Å²) >= 11 is 5.94. The van der Waals surface area contributed by atoms with E-state index >= 15 is 0 Å². The fraction of sp³-hybridized carbons (Fsp3) is 0.389. The standard InChI is InChI=1S/C18H21ClN4O3/c1-18(2,3)26-17(25)23-8-7-14-13(10-23)15(22-21-14)16(24)20-12-6-4-5-11(19)9-12/h4-6,9H,7-8,10H2,1-3H3,(H,20,24)(H,21,22). The van der Waals surface area contributed by atoms with Crippen molar-refractivity contribution in [2.45, 2.75) is 39.3 Å². The largest absolute Gasteiger partial charge is 0.444 e. The third-order valence-corrected chi connectivity index (χ3v) is 4.12. The molecule has 0 bridgehead atoms. The van der Waals surface area contributed by atoms with Gasteiger partial charge in [-0.2, -0.15) is 5.10 Å². The smallest absolute Gasteiger partial charge is 0.410 e. The van der Waals surface area contributed by atoms with Gasteiger partial charge in [0.05, 0.1) is 6.54 Å². The van der Waals surface area contributed by atoms with E-state index in [9.17, 15) is 9.59 Å². The maximum Gasteiger partial charge on any atom is 0.410 e. The summed E-state index contributed by atoms with van der Waals surface area (Å²) in [7, 11) is 0. The Kier molecular flexibility index (Phi) is 4.91. The fourth-order valence-corrected chi connectivity index (χ4v) is 2.91. The average Bonchev–Trinajstić information content (AvgIpc) is 2.96. The van der Waals surface area contributed by atoms with Crippen molar-refractivity contribution >= 4 is 29.3 Å². The average molecular weight is 377 g/mol. The molecule has 0 fully saturated rings. The number of benzene rings is 1. The van der Waals surface area contributed by atoms with Crippen molar-refractivity contribution in [2.75, 3.05) is 11.9 Å². The van der Waals surface area contributed by atoms with Crippen molar-refractivity contribution < 1.29 is 14.3 Å². The molecule has 0 saturated heterocycles. The van der Waals surface area contributed by atoms with E-state index in [-0.39, 0.29) is 18.1 Å². The molecule has 1 aromatic carbocycles. The van der Waals surface area contributed by atoms with Crippen LogP contribution in [0.15, 0.2) is 24.3 Å². The molecule has 1 aliphatic heterocycles. The maximum atomic E-state index is 12.6. The first-order chi connectivity index (χ1) is 12.2. The molecule has 0 saturated carbocycles. The number of fused-ring (bicyclic) bond motifs is 1. The summed E-state index contributed by atoms with van der Waals surface area (Å²) in [4.78, 5) is 26.5. The van der Waals surface area contributed by atoms with Gasteiger partial charge in [-0.25, -0.2) is 4.79 Å². The van der Waals surface area contributed by atoms with Crippen LogP contribution in [0, 0.1) is 0 Å². The third kappa shape index (κ3) is 4.16. The molecule has 1 aromatic heterocycles. The van der Waals surface area contributed by atoms with Gasteiger partial charge in [0, 0.05) is 34.9 Å². The highest BCUT2D eigenvalue weighted by atomic mass is 35.5. The molecule has 26 heavy (non-hydrogen) atoms. The van der Waals surface area contributed by atoms with Crippen LogP contribution < -0.4 is 5.32 Å². The van der Waals surface area contributed by atoms with Gasteiger partial charge in [-0.1, -0.05) is 17.7 Å². The molecule has 1 aliphatic rings. The molecule has 2 aromatic rings. The van der Waals surface area contributed by atoms with Crippen LogP contribution in [0.25, 0.3) is 0 Å². The molecule has 2 heterocycles. The predicted octanol–water partition coefficient (Wildman–Crippen LogP) is 3.61. The number of nitrogens with one attached hydrogen (secondary N) is 2. The van der Waals surface area contributed by atoms with Crippen molar-refractivity contribution in [3.63, 3.8) is 0 Å². The normalized spacial score (nSPS) is 13.9. The van der Waals surface area contributed by atoms with Crippen molar-refractivity contribution in [1.29, 1.82) is 0 Å². The lowest BCUT2D eigenvalue weighted by atomic mass is 10.1. The lowest BCUT2D eigenvalue weighted by Gasteiger charge is -2.30. The number of ether oxygens (including phenoxy) is 1. The van der Waals surface area contributed by atoms with Gasteiger partial charge in [0.1, 0.15) is 5.60 Å². The maximum absolute atomic E-state index is 12.6. The number of amides is 2. The van der Waals surface area contributed by atoms with E-state index in [1.165, 1.54) is 0 Å². The highest BCUT2D eigenvalue weighted by Gasteiger charge is 2.30. The second kappa shape index (κ2) is 6.99. The number of aromatic amines is 1. The van der Waals surface area contributed by atoms with Crippen LogP contribution in [0.3, 0.4) is 0 Å². The first-order valence-corrected chi connectivity index (χ1v) is 8.72. The third-order valence-electron chi connectivity index (χ3n) is 3.88. The zero-order valence-corrected chi connectivity index (χ0v) is 15.7. The van der Waals surface area contributed by atoms with E-state index in [4.69, 9.17) is 16.3 Å². The summed E-state index contributed by atoms with van der Waals surface area (Å²) < 4.78 is 5.42. The quantitative estimate of drug-likeness (QED) is 0.838. The van der Waals surface area contributed by atoms with Crippen LogP contribution in [0.5, 0.6) is 0 Å². The highest BCUT2D eigenvalue weighted by Crippen LogP contribution is 2.23. The fourth-order valence-electron chi connectivity index (χ4n) is 2.72. The SMILES string of the molecule is CC(C)(C)OC(=O)N1CCc2[nH]nc(C(=O)Nc3cccc(Cl)c3)c2C1. The second-order valence-electron chi connectivity index (χ2n) is 7.15. The number of aromatic nitrogens is 2. The lowest BCUT2D eigenvalue weighted by Crippen LogP contribution is -2.40. The van der Waals surface area contributed by atoms with Gasteiger partial charge in [0.15, 0.2) is 5.69 Å². The van der Waals surface area contributed by atoms with Gasteiger partial charge < -0.3 is 15.0 Å². The summed E-state index contributed by atoms with van der Waals surface area (Å²) in [6.45, 7) is 6.25. The summed E-state index contributed by atoms with van der Waals surface area (Å²) in [6, 6.07) is 6.88. The highest BCUT2D eigenvalue weighted by molar-refractivity contribution is 6.30. The predicted molar refractivity (Wildman–Crippen MR) is 98.3 cm³/mol. The molecular formula is C18H21ClN4O3. The first-order valence-electron chi connectivity index (χ1n) is 8.34. The number of nitrogens with zero attached hydrogens (tertiary/aromatic N) is 2. The van der Waals surface area contributed by atoms with Gasteiger partial charge in [-0.15, -0.1) is 0 Å². The van der Waals surface area contributed by atoms with E-state index in [0.29, 0.717) is 29.2 Å². The number of anilines is 1. The van der Waals surface area contributed by atoms with Crippen LogP contribution in [0.4, 0.5) is 10.5 Å². The Bertz CT molecular complexity index is 841. The Hall–Kier alpha value is -2.54. The zero-order chi connectivity index (χ0) is 18.9. The molecule has 7 nitrogen and oxygen atoms in total. The number of carbonyl (C=O) groups excluding carboxylic acids is 2. The molecular weight excluding hydrogens is 356 g/mol. The topological polar surface area (TPSA) is 87.3 Å². The van der Waals surface area contributed by atoms with Gasteiger partial charge in [0.25, 0.3) is 5.91 Å². The second-order valence-corrected chi connectivity index (χ2v) is 7.58. The molecule has 3 rings (SSSR count). The van der Waals surface area contributed by atoms with Gasteiger partial charge in [-0.05, 0) is 39.0 Å². The minimum atomic E-state index is -0.569. The van der Waals surface area contributed by atoms with Crippen LogP contribution in [0.1, 0.15) is 42.5 Å². The van der Waals surface area contributed by atoms with Crippen molar-refractivity contribution in [3.8, 4) is 0 Å². The van der Waals surface area contributed by atoms with Crippen LogP contribution in [-0.4, -0.2) is 39.2 Å². The first kappa shape index (κ1) is 18.3. The number of hydrogen-bond donors (Lipinski definition) is 2. The van der Waals surface area contributed by atoms with Crippen molar-refractivity contribution in [2.24, 2.45) is 0 Å². The van der Waals surface area contributed by atoms with Crippen molar-refractivity contribution in [1.82, 2.24) is 15.1 Å². The Morgan fingerprint density at radius 2 is 2.12 bits per heavy atom. The van der Waals surface area contributed by atoms with Gasteiger partial charge >= 0.3 is 6.09 Å². The molecule has 2 N–H and O–H groups in total. The molecule has 8 heteroatoms. The zero-order valence-electron chi connectivity index (χ0n) is 14.9. The van der Waals surface area contributed by atoms with E-state index in [1.54, 1.807) is 29.2 Å². The molecule has 0 unspecified atom stereocenters. The number of rotatable bonds is 2. The molecule has 0 atom stereocenters. The van der Waals surface area contributed by atoms with Gasteiger partial charge in [0.2, 0.25) is 0 Å². The summed E-state index contributed by atoms with van der Waals surface area (Å²) in [5.41, 5.74) is 1.86. The number of hydrogen-bond acceptors (Lipinski definition) is 4. The number of H-pyrrole nitrogens is 1. The number of halogens is 1. The van der Waals surface area contributed by atoms with E-state index < -0.39 is 11.7 Å². The number of carbonyl (C=O) groups is 2.